The van der Waals surface area contributed by atoms with Gasteiger partial charge >= 0.3 is 0 Å². The first-order chi connectivity index (χ1) is 18.3. The van der Waals surface area contributed by atoms with Gasteiger partial charge in [-0.25, -0.2) is 0 Å². The standard InChI is InChI=1S/C33H23N3O/c1-2-9-26-21-35-30(19-23(26)8-1)25-15-16-33-32(20-25)36(31-14-4-3-10-27(31)22-37-33)28-12-7-11-24(18-28)29-13-5-6-17-34-29/h1-21H,22H2. The molecule has 4 nitrogen and oxygen atoms in total. The van der Waals surface area contributed by atoms with Crippen molar-refractivity contribution in [3.8, 4) is 28.3 Å². The number of anilines is 3. The first-order valence-electron chi connectivity index (χ1n) is 12.3. The molecule has 176 valence electrons. The van der Waals surface area contributed by atoms with Gasteiger partial charge in [-0.05, 0) is 60.0 Å². The number of rotatable bonds is 3. The van der Waals surface area contributed by atoms with E-state index < -0.39 is 0 Å². The Kier molecular flexibility index (Phi) is 5.14. The lowest BCUT2D eigenvalue weighted by Gasteiger charge is -2.27. The monoisotopic (exact) mass is 477 g/mol. The maximum absolute atomic E-state index is 6.33. The zero-order valence-electron chi connectivity index (χ0n) is 20.1. The molecule has 1 aliphatic heterocycles. The molecule has 0 saturated heterocycles. The summed E-state index contributed by atoms with van der Waals surface area (Å²) < 4.78 is 6.33. The van der Waals surface area contributed by atoms with Gasteiger partial charge in [0.2, 0.25) is 0 Å². The molecule has 0 N–H and O–H groups in total. The molecule has 0 spiro atoms. The Balaban J connectivity index is 1.41. The summed E-state index contributed by atoms with van der Waals surface area (Å²) in [4.78, 5) is 11.6. The third-order valence-corrected chi connectivity index (χ3v) is 6.81. The lowest BCUT2D eigenvalue weighted by molar-refractivity contribution is 0.310. The third-order valence-electron chi connectivity index (χ3n) is 6.81. The van der Waals surface area contributed by atoms with E-state index in [0.717, 1.165) is 56.3 Å². The smallest absolute Gasteiger partial charge is 0.143 e. The zero-order chi connectivity index (χ0) is 24.6. The van der Waals surface area contributed by atoms with Crippen LogP contribution in [0.2, 0.25) is 0 Å². The summed E-state index contributed by atoms with van der Waals surface area (Å²) >= 11 is 0. The Bertz CT molecular complexity index is 1750. The van der Waals surface area contributed by atoms with Crippen LogP contribution in [0.25, 0.3) is 33.3 Å². The van der Waals surface area contributed by atoms with E-state index in [1.165, 1.54) is 5.39 Å². The molecule has 0 bridgehead atoms. The Morgan fingerprint density at radius 1 is 0.595 bits per heavy atom. The van der Waals surface area contributed by atoms with Crippen LogP contribution < -0.4 is 9.64 Å². The van der Waals surface area contributed by atoms with Crippen LogP contribution in [0.15, 0.2) is 128 Å². The molecule has 0 atom stereocenters. The van der Waals surface area contributed by atoms with E-state index in [1.54, 1.807) is 0 Å². The molecule has 2 aromatic heterocycles. The average Bonchev–Trinajstić information content (AvgIpc) is 3.14. The first-order valence-corrected chi connectivity index (χ1v) is 12.3. The number of para-hydroxylation sites is 1. The van der Waals surface area contributed by atoms with Crippen LogP contribution in [0.5, 0.6) is 5.75 Å². The van der Waals surface area contributed by atoms with E-state index in [4.69, 9.17) is 9.72 Å². The van der Waals surface area contributed by atoms with Gasteiger partial charge in [-0.3, -0.25) is 9.97 Å². The van der Waals surface area contributed by atoms with Gasteiger partial charge in [-0.2, -0.15) is 0 Å². The summed E-state index contributed by atoms with van der Waals surface area (Å²) in [5, 5.41) is 2.30. The number of hydrogen-bond acceptors (Lipinski definition) is 4. The second-order valence-corrected chi connectivity index (χ2v) is 9.12. The molecule has 3 heterocycles. The quantitative estimate of drug-likeness (QED) is 0.257. The fourth-order valence-electron chi connectivity index (χ4n) is 4.97. The van der Waals surface area contributed by atoms with Gasteiger partial charge in [0.25, 0.3) is 0 Å². The topological polar surface area (TPSA) is 38.2 Å². The molecule has 0 fully saturated rings. The Labute approximate surface area is 215 Å². The Morgan fingerprint density at radius 2 is 1.43 bits per heavy atom. The normalized spacial score (nSPS) is 12.4. The SMILES string of the molecule is c1ccc(-c2cccc(N3c4ccccc4COc4ccc(-c5cc6ccccc6cn5)cc43)c2)nc1. The molecule has 0 amide bonds. The number of pyridine rings is 2. The summed E-state index contributed by atoms with van der Waals surface area (Å²) in [6.07, 6.45) is 3.77. The molecule has 0 unspecified atom stereocenters. The van der Waals surface area contributed by atoms with Crippen LogP contribution in [-0.2, 0) is 6.61 Å². The highest BCUT2D eigenvalue weighted by molar-refractivity contribution is 5.89. The van der Waals surface area contributed by atoms with Crippen molar-refractivity contribution >= 4 is 27.8 Å². The average molecular weight is 478 g/mol. The van der Waals surface area contributed by atoms with Crippen molar-refractivity contribution in [2.24, 2.45) is 0 Å². The zero-order valence-corrected chi connectivity index (χ0v) is 20.1. The van der Waals surface area contributed by atoms with Crippen molar-refractivity contribution in [2.75, 3.05) is 4.90 Å². The lowest BCUT2D eigenvalue weighted by Crippen LogP contribution is -2.11. The van der Waals surface area contributed by atoms with Crippen LogP contribution >= 0.6 is 0 Å². The number of fused-ring (bicyclic) bond motifs is 3. The van der Waals surface area contributed by atoms with E-state index in [0.29, 0.717) is 6.61 Å². The van der Waals surface area contributed by atoms with E-state index in [1.807, 2.05) is 36.7 Å². The lowest BCUT2D eigenvalue weighted by atomic mass is 10.0. The molecule has 4 heteroatoms. The highest BCUT2D eigenvalue weighted by Gasteiger charge is 2.24. The van der Waals surface area contributed by atoms with Crippen LogP contribution in [0, 0.1) is 0 Å². The maximum Gasteiger partial charge on any atom is 0.143 e. The molecule has 37 heavy (non-hydrogen) atoms. The molecular formula is C33H23N3O. The second-order valence-electron chi connectivity index (χ2n) is 9.12. The maximum atomic E-state index is 6.33. The number of ether oxygens (including phenoxy) is 1. The van der Waals surface area contributed by atoms with Crippen LogP contribution in [0.1, 0.15) is 5.56 Å². The number of benzene rings is 4. The summed E-state index contributed by atoms with van der Waals surface area (Å²) in [7, 11) is 0. The third kappa shape index (κ3) is 3.89. The van der Waals surface area contributed by atoms with Gasteiger partial charge in [-0.15, -0.1) is 0 Å². The molecular weight excluding hydrogens is 454 g/mol. The van der Waals surface area contributed by atoms with E-state index >= 15 is 0 Å². The van der Waals surface area contributed by atoms with Crippen molar-refractivity contribution in [1.29, 1.82) is 0 Å². The molecule has 6 aromatic rings. The van der Waals surface area contributed by atoms with Gasteiger partial charge in [0, 0.05) is 40.2 Å². The highest BCUT2D eigenvalue weighted by atomic mass is 16.5. The van der Waals surface area contributed by atoms with Crippen LogP contribution in [-0.4, -0.2) is 9.97 Å². The van der Waals surface area contributed by atoms with Crippen molar-refractivity contribution in [1.82, 2.24) is 9.97 Å². The van der Waals surface area contributed by atoms with E-state index in [2.05, 4.69) is 101 Å². The van der Waals surface area contributed by atoms with Crippen molar-refractivity contribution < 1.29 is 4.74 Å². The minimum Gasteiger partial charge on any atom is -0.487 e. The van der Waals surface area contributed by atoms with Crippen LogP contribution in [0.3, 0.4) is 0 Å². The van der Waals surface area contributed by atoms with Gasteiger partial charge < -0.3 is 9.64 Å². The predicted octanol–water partition coefficient (Wildman–Crippen LogP) is 8.33. The number of hydrogen-bond donors (Lipinski definition) is 0. The van der Waals surface area contributed by atoms with E-state index in [9.17, 15) is 0 Å². The molecule has 0 saturated carbocycles. The van der Waals surface area contributed by atoms with Gasteiger partial charge in [0.05, 0.1) is 22.8 Å². The fraction of sp³-hybridized carbons (Fsp3) is 0.0303. The minimum atomic E-state index is 0.507. The Hall–Kier alpha value is -4.96. The molecule has 4 aromatic carbocycles. The highest BCUT2D eigenvalue weighted by Crippen LogP contribution is 2.46. The van der Waals surface area contributed by atoms with Gasteiger partial charge in [0.1, 0.15) is 12.4 Å². The van der Waals surface area contributed by atoms with Crippen molar-refractivity contribution in [3.63, 3.8) is 0 Å². The number of aromatic nitrogens is 2. The number of nitrogens with zero attached hydrogens (tertiary/aromatic N) is 3. The van der Waals surface area contributed by atoms with Crippen molar-refractivity contribution in [3.05, 3.63) is 133 Å². The molecule has 1 aliphatic rings. The van der Waals surface area contributed by atoms with Crippen LogP contribution in [0.4, 0.5) is 17.1 Å². The summed E-state index contributed by atoms with van der Waals surface area (Å²) in [5.74, 6) is 0.837. The summed E-state index contributed by atoms with van der Waals surface area (Å²) in [5.41, 5.74) is 8.24. The molecule has 0 aliphatic carbocycles. The molecule has 0 radical (unpaired) electrons. The summed E-state index contributed by atoms with van der Waals surface area (Å²) in [6, 6.07) is 39.7. The fourth-order valence-corrected chi connectivity index (χ4v) is 4.97. The van der Waals surface area contributed by atoms with Gasteiger partial charge in [-0.1, -0.05) is 60.7 Å². The van der Waals surface area contributed by atoms with Gasteiger partial charge in [0.15, 0.2) is 0 Å². The largest absolute Gasteiger partial charge is 0.487 e. The Morgan fingerprint density at radius 3 is 2.35 bits per heavy atom. The second kappa shape index (κ2) is 8.92. The van der Waals surface area contributed by atoms with Crippen molar-refractivity contribution in [2.45, 2.75) is 6.61 Å². The summed E-state index contributed by atoms with van der Waals surface area (Å²) in [6.45, 7) is 0.507. The first kappa shape index (κ1) is 21.3. The minimum absolute atomic E-state index is 0.507. The van der Waals surface area contributed by atoms with E-state index in [-0.39, 0.29) is 0 Å². The molecule has 7 rings (SSSR count). The predicted molar refractivity (Wildman–Crippen MR) is 149 cm³/mol.